The first-order valence-electron chi connectivity index (χ1n) is 4.58. The number of nitrogens with one attached hydrogen (secondary N) is 1. The van der Waals surface area contributed by atoms with Crippen LogP contribution >= 0.6 is 0 Å². The molecule has 0 rings (SSSR count). The van der Waals surface area contributed by atoms with E-state index in [1.165, 1.54) is 0 Å². The van der Waals surface area contributed by atoms with Crippen molar-refractivity contribution in [2.45, 2.75) is 13.3 Å². The summed E-state index contributed by atoms with van der Waals surface area (Å²) in [6.07, 6.45) is 0.519. The second kappa shape index (κ2) is 6.86. The van der Waals surface area contributed by atoms with E-state index in [9.17, 15) is 4.79 Å². The summed E-state index contributed by atoms with van der Waals surface area (Å²) < 4.78 is 0. The molecule has 0 saturated carbocycles. The smallest absolute Gasteiger partial charge is 0.221 e. The van der Waals surface area contributed by atoms with Crippen molar-refractivity contribution in [3.05, 3.63) is 0 Å². The first-order chi connectivity index (χ1) is 6.06. The maximum atomic E-state index is 11.1. The second-order valence-corrected chi connectivity index (χ2v) is 3.65. The number of hydrogen-bond acceptors (Lipinski definition) is 3. The lowest BCUT2D eigenvalue weighted by Gasteiger charge is -2.11. The number of carbonyl (C=O) groups is 1. The van der Waals surface area contributed by atoms with Crippen LogP contribution in [0.15, 0.2) is 0 Å². The molecular weight excluding hydrogens is 168 g/mol. The van der Waals surface area contributed by atoms with Crippen LogP contribution < -0.4 is 5.32 Å². The monoisotopic (exact) mass is 188 g/mol. The normalized spacial score (nSPS) is 13.0. The molecule has 4 heteroatoms. The number of aliphatic hydroxyl groups excluding tert-OH is 1. The molecule has 2 N–H and O–H groups in total. The molecule has 0 saturated heterocycles. The van der Waals surface area contributed by atoms with E-state index < -0.39 is 0 Å². The first kappa shape index (κ1) is 12.4. The quantitative estimate of drug-likeness (QED) is 0.601. The third-order valence-electron chi connectivity index (χ3n) is 1.75. The van der Waals surface area contributed by atoms with Gasteiger partial charge in [-0.2, -0.15) is 0 Å². The molecule has 0 spiro atoms. The fourth-order valence-corrected chi connectivity index (χ4v) is 0.766. The van der Waals surface area contributed by atoms with Crippen molar-refractivity contribution in [3.8, 4) is 0 Å². The molecular formula is C9H20N2O2. The van der Waals surface area contributed by atoms with Crippen LogP contribution in [0.1, 0.15) is 13.3 Å². The Balaban J connectivity index is 3.40. The molecule has 0 heterocycles. The van der Waals surface area contributed by atoms with Gasteiger partial charge in [0.15, 0.2) is 0 Å². The van der Waals surface area contributed by atoms with Gasteiger partial charge in [-0.3, -0.25) is 4.79 Å². The zero-order valence-electron chi connectivity index (χ0n) is 8.71. The zero-order valence-corrected chi connectivity index (χ0v) is 8.71. The highest BCUT2D eigenvalue weighted by atomic mass is 16.3. The summed E-state index contributed by atoms with van der Waals surface area (Å²) in [5.41, 5.74) is 0. The summed E-state index contributed by atoms with van der Waals surface area (Å²) in [5, 5.41) is 11.5. The Morgan fingerprint density at radius 2 is 2.15 bits per heavy atom. The Morgan fingerprint density at radius 1 is 1.54 bits per heavy atom. The van der Waals surface area contributed by atoms with Crippen molar-refractivity contribution < 1.29 is 9.90 Å². The van der Waals surface area contributed by atoms with Crippen LogP contribution in [0.25, 0.3) is 0 Å². The van der Waals surface area contributed by atoms with Crippen molar-refractivity contribution in [2.75, 3.05) is 33.8 Å². The third kappa shape index (κ3) is 7.74. The van der Waals surface area contributed by atoms with E-state index in [1.807, 2.05) is 25.9 Å². The van der Waals surface area contributed by atoms with E-state index in [1.54, 1.807) is 0 Å². The van der Waals surface area contributed by atoms with Crippen LogP contribution in [0.4, 0.5) is 0 Å². The van der Waals surface area contributed by atoms with Crippen LogP contribution in [-0.2, 0) is 4.79 Å². The molecule has 0 aliphatic heterocycles. The summed E-state index contributed by atoms with van der Waals surface area (Å²) in [6, 6.07) is 0. The average Bonchev–Trinajstić information content (AvgIpc) is 2.10. The lowest BCUT2D eigenvalue weighted by Crippen LogP contribution is -2.31. The van der Waals surface area contributed by atoms with E-state index in [-0.39, 0.29) is 18.4 Å². The molecule has 0 aliphatic carbocycles. The van der Waals surface area contributed by atoms with Gasteiger partial charge in [-0.15, -0.1) is 0 Å². The molecule has 0 radical (unpaired) electrons. The Hall–Kier alpha value is -0.610. The molecule has 13 heavy (non-hydrogen) atoms. The van der Waals surface area contributed by atoms with Crippen molar-refractivity contribution in [1.29, 1.82) is 0 Å². The van der Waals surface area contributed by atoms with Crippen LogP contribution in [0.3, 0.4) is 0 Å². The van der Waals surface area contributed by atoms with Gasteiger partial charge in [0.2, 0.25) is 5.91 Å². The van der Waals surface area contributed by atoms with E-state index >= 15 is 0 Å². The SMILES string of the molecule is CC(CO)CNC(=O)CCN(C)C. The average molecular weight is 188 g/mol. The number of nitrogens with zero attached hydrogens (tertiary/aromatic N) is 1. The van der Waals surface area contributed by atoms with E-state index in [0.717, 1.165) is 6.54 Å². The van der Waals surface area contributed by atoms with Crippen LogP contribution in [-0.4, -0.2) is 49.7 Å². The summed E-state index contributed by atoms with van der Waals surface area (Å²) in [5.74, 6) is 0.192. The Morgan fingerprint density at radius 3 is 2.62 bits per heavy atom. The number of carbonyl (C=O) groups excluding carboxylic acids is 1. The minimum Gasteiger partial charge on any atom is -0.396 e. The Bertz CT molecular complexity index is 149. The van der Waals surface area contributed by atoms with Gasteiger partial charge in [0, 0.05) is 26.1 Å². The number of amides is 1. The standard InChI is InChI=1S/C9H20N2O2/c1-8(7-12)6-10-9(13)4-5-11(2)3/h8,12H,4-7H2,1-3H3,(H,10,13). The Labute approximate surface area is 79.9 Å². The molecule has 1 amide bonds. The van der Waals surface area contributed by atoms with Gasteiger partial charge in [0.05, 0.1) is 0 Å². The predicted molar refractivity (Wildman–Crippen MR) is 52.4 cm³/mol. The van der Waals surface area contributed by atoms with Gasteiger partial charge in [-0.1, -0.05) is 6.92 Å². The van der Waals surface area contributed by atoms with Crippen LogP contribution in [0.2, 0.25) is 0 Å². The second-order valence-electron chi connectivity index (χ2n) is 3.65. The van der Waals surface area contributed by atoms with Crippen LogP contribution in [0.5, 0.6) is 0 Å². The summed E-state index contributed by atoms with van der Waals surface area (Å²) >= 11 is 0. The number of rotatable bonds is 6. The van der Waals surface area contributed by atoms with Crippen LogP contribution in [0, 0.1) is 5.92 Å². The fraction of sp³-hybridized carbons (Fsp3) is 0.889. The molecule has 0 aromatic rings. The zero-order chi connectivity index (χ0) is 10.3. The minimum atomic E-state index is 0.0500. The lowest BCUT2D eigenvalue weighted by molar-refractivity contribution is -0.121. The highest BCUT2D eigenvalue weighted by Gasteiger charge is 2.04. The molecule has 0 fully saturated rings. The van der Waals surface area contributed by atoms with E-state index in [0.29, 0.717) is 13.0 Å². The van der Waals surface area contributed by atoms with Gasteiger partial charge in [0.25, 0.3) is 0 Å². The summed E-state index contributed by atoms with van der Waals surface area (Å²) in [4.78, 5) is 13.1. The molecule has 78 valence electrons. The van der Waals surface area contributed by atoms with Gasteiger partial charge in [-0.05, 0) is 20.0 Å². The highest BCUT2D eigenvalue weighted by Crippen LogP contribution is 1.90. The molecule has 1 unspecified atom stereocenters. The maximum absolute atomic E-state index is 11.1. The third-order valence-corrected chi connectivity index (χ3v) is 1.75. The van der Waals surface area contributed by atoms with E-state index in [2.05, 4.69) is 5.32 Å². The maximum Gasteiger partial charge on any atom is 0.221 e. The first-order valence-corrected chi connectivity index (χ1v) is 4.58. The summed E-state index contributed by atoms with van der Waals surface area (Å²) in [6.45, 7) is 3.34. The molecule has 0 bridgehead atoms. The fourth-order valence-electron chi connectivity index (χ4n) is 0.766. The van der Waals surface area contributed by atoms with Gasteiger partial charge < -0.3 is 15.3 Å². The van der Waals surface area contributed by atoms with Gasteiger partial charge in [-0.25, -0.2) is 0 Å². The van der Waals surface area contributed by atoms with Crippen molar-refractivity contribution in [1.82, 2.24) is 10.2 Å². The Kier molecular flexibility index (Phi) is 6.54. The molecule has 0 aliphatic rings. The van der Waals surface area contributed by atoms with Crippen molar-refractivity contribution in [2.24, 2.45) is 5.92 Å². The molecule has 4 nitrogen and oxygen atoms in total. The minimum absolute atomic E-state index is 0.0500. The van der Waals surface area contributed by atoms with Crippen molar-refractivity contribution in [3.63, 3.8) is 0 Å². The molecule has 0 aromatic heterocycles. The van der Waals surface area contributed by atoms with E-state index in [4.69, 9.17) is 5.11 Å². The topological polar surface area (TPSA) is 52.6 Å². The van der Waals surface area contributed by atoms with Crippen molar-refractivity contribution >= 4 is 5.91 Å². The highest BCUT2D eigenvalue weighted by molar-refractivity contribution is 5.76. The predicted octanol–water partition coefficient (Wildman–Crippen LogP) is -0.317. The largest absolute Gasteiger partial charge is 0.396 e. The van der Waals surface area contributed by atoms with Gasteiger partial charge in [0.1, 0.15) is 0 Å². The number of hydrogen-bond donors (Lipinski definition) is 2. The van der Waals surface area contributed by atoms with Gasteiger partial charge >= 0.3 is 0 Å². The molecule has 0 aromatic carbocycles. The lowest BCUT2D eigenvalue weighted by atomic mass is 10.2. The number of aliphatic hydroxyl groups is 1. The summed E-state index contributed by atoms with van der Waals surface area (Å²) in [7, 11) is 3.87. The molecule has 1 atom stereocenters.